The first-order chi connectivity index (χ1) is 13.5. The maximum atomic E-state index is 12.2. The van der Waals surface area contributed by atoms with Crippen LogP contribution in [0.25, 0.3) is 23.0 Å². The zero-order valence-corrected chi connectivity index (χ0v) is 17.1. The number of aromatic nitrogens is 2. The topological polar surface area (TPSA) is 61.2 Å². The number of para-hydroxylation sites is 1. The van der Waals surface area contributed by atoms with Crippen molar-refractivity contribution in [2.24, 2.45) is 0 Å². The first-order valence-electron chi connectivity index (χ1n) is 8.80. The second-order valence-electron chi connectivity index (χ2n) is 6.05. The third-order valence-corrected chi connectivity index (χ3v) is 4.58. The zero-order chi connectivity index (χ0) is 20.1. The fourth-order valence-electron chi connectivity index (χ4n) is 2.71. The van der Waals surface area contributed by atoms with Crippen LogP contribution in [-0.2, 0) is 14.3 Å². The van der Waals surface area contributed by atoms with Crippen LogP contribution in [0.5, 0.6) is 0 Å². The number of Topliss-reactive ketones (excluding diaryl/α,β-unsaturated/α-hetero) is 1. The van der Waals surface area contributed by atoms with Crippen molar-refractivity contribution in [3.05, 3.63) is 76.4 Å². The van der Waals surface area contributed by atoms with Gasteiger partial charge in [0.2, 0.25) is 0 Å². The molecule has 1 heterocycles. The van der Waals surface area contributed by atoms with Crippen molar-refractivity contribution in [3.63, 3.8) is 0 Å². The highest BCUT2D eigenvalue weighted by Crippen LogP contribution is 2.27. The van der Waals surface area contributed by atoms with Crippen LogP contribution in [0.2, 0.25) is 0 Å². The predicted octanol–water partition coefficient (Wildman–Crippen LogP) is 4.84. The molecule has 0 unspecified atom stereocenters. The Morgan fingerprint density at radius 2 is 1.79 bits per heavy atom. The number of hydrogen-bond acceptors (Lipinski definition) is 4. The average Bonchev–Trinajstić information content (AvgIpc) is 3.11. The molecule has 0 amide bonds. The normalized spacial score (nSPS) is 11.3. The van der Waals surface area contributed by atoms with Gasteiger partial charge < -0.3 is 4.74 Å². The van der Waals surface area contributed by atoms with Gasteiger partial charge in [-0.1, -0.05) is 46.3 Å². The van der Waals surface area contributed by atoms with E-state index < -0.39 is 5.97 Å². The van der Waals surface area contributed by atoms with Gasteiger partial charge in [-0.15, -0.1) is 0 Å². The Morgan fingerprint density at radius 3 is 2.39 bits per heavy atom. The minimum Gasteiger partial charge on any atom is -0.462 e. The van der Waals surface area contributed by atoms with E-state index in [2.05, 4.69) is 15.9 Å². The molecule has 0 atom stereocenters. The quantitative estimate of drug-likeness (QED) is 0.239. The third-order valence-electron chi connectivity index (χ3n) is 4.06. The van der Waals surface area contributed by atoms with Crippen molar-refractivity contribution in [1.29, 1.82) is 0 Å². The van der Waals surface area contributed by atoms with E-state index in [1.165, 1.54) is 6.92 Å². The van der Waals surface area contributed by atoms with Gasteiger partial charge in [-0.3, -0.25) is 4.79 Å². The molecule has 5 nitrogen and oxygen atoms in total. The van der Waals surface area contributed by atoms with Crippen LogP contribution in [0.15, 0.2) is 70.8 Å². The van der Waals surface area contributed by atoms with E-state index in [1.54, 1.807) is 23.9 Å². The molecule has 0 aliphatic carbocycles. The van der Waals surface area contributed by atoms with E-state index in [1.807, 2.05) is 54.6 Å². The summed E-state index contributed by atoms with van der Waals surface area (Å²) in [6.07, 6.45) is 3.35. The maximum Gasteiger partial charge on any atom is 0.341 e. The maximum absolute atomic E-state index is 12.2. The van der Waals surface area contributed by atoms with Crippen molar-refractivity contribution >= 4 is 33.8 Å². The predicted molar refractivity (Wildman–Crippen MR) is 112 cm³/mol. The monoisotopic (exact) mass is 438 g/mol. The average molecular weight is 439 g/mol. The number of carbonyl (C=O) groups excluding carboxylic acids is 2. The second kappa shape index (κ2) is 8.80. The van der Waals surface area contributed by atoms with Crippen molar-refractivity contribution in [2.75, 3.05) is 6.61 Å². The molecular formula is C22H19BrN2O3. The number of nitrogens with zero attached hydrogens (tertiary/aromatic N) is 2. The van der Waals surface area contributed by atoms with Gasteiger partial charge in [0.1, 0.15) is 5.57 Å². The summed E-state index contributed by atoms with van der Waals surface area (Å²) in [5.74, 6) is -0.989. The van der Waals surface area contributed by atoms with E-state index in [-0.39, 0.29) is 18.0 Å². The fraction of sp³-hybridized carbons (Fsp3) is 0.136. The molecule has 0 bridgehead atoms. The zero-order valence-electron chi connectivity index (χ0n) is 15.6. The lowest BCUT2D eigenvalue weighted by Gasteiger charge is -2.04. The van der Waals surface area contributed by atoms with E-state index in [4.69, 9.17) is 9.84 Å². The van der Waals surface area contributed by atoms with Gasteiger partial charge in [0.25, 0.3) is 0 Å². The molecule has 0 aliphatic heterocycles. The standard InChI is InChI=1S/C22H19BrN2O3/c1-3-28-22(27)20(15(2)26)13-17-14-25(19-7-5-4-6-8-19)24-21(17)16-9-11-18(23)12-10-16/h4-14H,3H2,1-2H3. The number of esters is 1. The minimum absolute atomic E-state index is 0.00665. The molecule has 0 radical (unpaired) electrons. The summed E-state index contributed by atoms with van der Waals surface area (Å²) in [6, 6.07) is 17.3. The van der Waals surface area contributed by atoms with Gasteiger partial charge in [-0.25, -0.2) is 9.48 Å². The first-order valence-corrected chi connectivity index (χ1v) is 9.59. The number of halogens is 1. The van der Waals surface area contributed by atoms with Crippen LogP contribution in [0.1, 0.15) is 19.4 Å². The molecule has 142 valence electrons. The molecule has 0 saturated carbocycles. The molecule has 0 saturated heterocycles. The highest BCUT2D eigenvalue weighted by molar-refractivity contribution is 9.10. The number of ketones is 1. The summed E-state index contributed by atoms with van der Waals surface area (Å²) in [6.45, 7) is 3.26. The Kier molecular flexibility index (Phi) is 6.21. The van der Waals surface area contributed by atoms with Gasteiger partial charge in [-0.05, 0) is 44.2 Å². The van der Waals surface area contributed by atoms with Gasteiger partial charge >= 0.3 is 5.97 Å². The molecule has 3 aromatic rings. The van der Waals surface area contributed by atoms with Gasteiger partial charge in [-0.2, -0.15) is 5.10 Å². The Morgan fingerprint density at radius 1 is 1.11 bits per heavy atom. The van der Waals surface area contributed by atoms with E-state index >= 15 is 0 Å². The van der Waals surface area contributed by atoms with E-state index in [9.17, 15) is 9.59 Å². The summed E-state index contributed by atoms with van der Waals surface area (Å²) in [5, 5.41) is 4.69. The molecule has 28 heavy (non-hydrogen) atoms. The lowest BCUT2D eigenvalue weighted by atomic mass is 10.0. The lowest BCUT2D eigenvalue weighted by Crippen LogP contribution is -2.13. The van der Waals surface area contributed by atoms with Gasteiger partial charge in [0, 0.05) is 21.8 Å². The number of hydrogen-bond donors (Lipinski definition) is 0. The van der Waals surface area contributed by atoms with Crippen molar-refractivity contribution < 1.29 is 14.3 Å². The Balaban J connectivity index is 2.16. The van der Waals surface area contributed by atoms with Crippen molar-refractivity contribution in [2.45, 2.75) is 13.8 Å². The van der Waals surface area contributed by atoms with Crippen LogP contribution in [-0.4, -0.2) is 28.1 Å². The highest BCUT2D eigenvalue weighted by Gasteiger charge is 2.19. The first kappa shape index (κ1) is 19.8. The summed E-state index contributed by atoms with van der Waals surface area (Å²) in [4.78, 5) is 24.2. The summed E-state index contributed by atoms with van der Waals surface area (Å²) >= 11 is 3.43. The molecule has 0 fully saturated rings. The molecule has 0 N–H and O–H groups in total. The molecular weight excluding hydrogens is 420 g/mol. The molecule has 2 aromatic carbocycles. The Hall–Kier alpha value is -2.99. The van der Waals surface area contributed by atoms with Crippen LogP contribution in [0.3, 0.4) is 0 Å². The highest BCUT2D eigenvalue weighted by atomic mass is 79.9. The Labute approximate surface area is 171 Å². The molecule has 1 aromatic heterocycles. The van der Waals surface area contributed by atoms with Crippen LogP contribution in [0.4, 0.5) is 0 Å². The SMILES string of the molecule is CCOC(=O)C(=Cc1cn(-c2ccccc2)nc1-c1ccc(Br)cc1)C(C)=O. The van der Waals surface area contributed by atoms with Gasteiger partial charge in [0.05, 0.1) is 18.0 Å². The molecule has 0 spiro atoms. The van der Waals surface area contributed by atoms with E-state index in [0.29, 0.717) is 11.3 Å². The van der Waals surface area contributed by atoms with Crippen LogP contribution < -0.4 is 0 Å². The summed E-state index contributed by atoms with van der Waals surface area (Å²) < 4.78 is 7.71. The number of rotatable bonds is 6. The number of carbonyl (C=O) groups is 2. The van der Waals surface area contributed by atoms with Crippen LogP contribution >= 0.6 is 15.9 Å². The molecule has 6 heteroatoms. The number of benzene rings is 2. The lowest BCUT2D eigenvalue weighted by molar-refractivity contribution is -0.139. The molecule has 3 rings (SSSR count). The minimum atomic E-state index is -0.635. The Bertz CT molecular complexity index is 1020. The summed E-state index contributed by atoms with van der Waals surface area (Å²) in [5.41, 5.74) is 3.06. The van der Waals surface area contributed by atoms with Crippen molar-refractivity contribution in [1.82, 2.24) is 9.78 Å². The van der Waals surface area contributed by atoms with E-state index in [0.717, 1.165) is 15.7 Å². The van der Waals surface area contributed by atoms with Crippen molar-refractivity contribution in [3.8, 4) is 16.9 Å². The fourth-order valence-corrected chi connectivity index (χ4v) is 2.97. The van der Waals surface area contributed by atoms with Gasteiger partial charge in [0.15, 0.2) is 5.78 Å². The smallest absolute Gasteiger partial charge is 0.341 e. The number of ether oxygens (including phenoxy) is 1. The largest absolute Gasteiger partial charge is 0.462 e. The second-order valence-corrected chi connectivity index (χ2v) is 6.97. The summed E-state index contributed by atoms with van der Waals surface area (Å²) in [7, 11) is 0. The molecule has 0 aliphatic rings. The van der Waals surface area contributed by atoms with Crippen LogP contribution in [0, 0.1) is 0 Å². The third kappa shape index (κ3) is 4.46.